The van der Waals surface area contributed by atoms with Crippen LogP contribution >= 0.6 is 0 Å². The maximum atomic E-state index is 11.5. The molecular weight excluding hydrogens is 180 g/mol. The third-order valence-corrected chi connectivity index (χ3v) is 2.42. The molecule has 0 aromatic rings. The van der Waals surface area contributed by atoms with E-state index >= 15 is 0 Å². The number of amides is 1. The molecule has 0 aliphatic heterocycles. The second-order valence-corrected chi connectivity index (χ2v) is 3.41. The van der Waals surface area contributed by atoms with Crippen LogP contribution in [0, 0.1) is 0 Å². The molecule has 0 rings (SSSR count). The first kappa shape index (κ1) is 13.1. The lowest BCUT2D eigenvalue weighted by molar-refractivity contribution is -0.124. The van der Waals surface area contributed by atoms with E-state index in [0.29, 0.717) is 12.8 Å². The second-order valence-electron chi connectivity index (χ2n) is 3.41. The number of nitrogens with two attached hydrogens (primary N) is 1. The minimum Gasteiger partial charge on any atom is -0.370 e. The lowest BCUT2D eigenvalue weighted by Gasteiger charge is -2.24. The maximum absolute atomic E-state index is 11.5. The van der Waals surface area contributed by atoms with Gasteiger partial charge in [-0.3, -0.25) is 14.5 Å². The van der Waals surface area contributed by atoms with E-state index in [1.54, 1.807) is 0 Å². The van der Waals surface area contributed by atoms with Crippen LogP contribution in [-0.4, -0.2) is 36.2 Å². The third kappa shape index (κ3) is 4.37. The van der Waals surface area contributed by atoms with Crippen LogP contribution in [0.1, 0.15) is 33.1 Å². The maximum Gasteiger partial charge on any atom is 0.217 e. The summed E-state index contributed by atoms with van der Waals surface area (Å²) >= 11 is 0. The summed E-state index contributed by atoms with van der Waals surface area (Å²) in [6, 6.07) is -0.155. The van der Waals surface area contributed by atoms with Crippen LogP contribution in [0.15, 0.2) is 0 Å². The van der Waals surface area contributed by atoms with Crippen molar-refractivity contribution in [3.05, 3.63) is 0 Å². The van der Waals surface area contributed by atoms with Gasteiger partial charge in [-0.05, 0) is 20.0 Å². The molecule has 0 heterocycles. The minimum absolute atomic E-state index is 0.155. The quantitative estimate of drug-likeness (QED) is 0.652. The summed E-state index contributed by atoms with van der Waals surface area (Å²) in [5.74, 6) is -0.168. The molecule has 1 atom stereocenters. The summed E-state index contributed by atoms with van der Waals surface area (Å²) in [5.41, 5.74) is 5.06. The molecule has 14 heavy (non-hydrogen) atoms. The fourth-order valence-corrected chi connectivity index (χ4v) is 1.36. The number of nitrogens with zero attached hydrogens (tertiary/aromatic N) is 1. The number of hydrogen-bond acceptors (Lipinski definition) is 3. The van der Waals surface area contributed by atoms with E-state index in [0.717, 1.165) is 6.54 Å². The molecule has 4 heteroatoms. The number of Topliss-reactive ketones (excluding diaryl/α,β-unsaturated/α-hetero) is 1. The molecule has 0 radical (unpaired) electrons. The summed E-state index contributed by atoms with van der Waals surface area (Å²) in [5, 5.41) is 0. The van der Waals surface area contributed by atoms with E-state index in [-0.39, 0.29) is 24.2 Å². The van der Waals surface area contributed by atoms with E-state index in [2.05, 4.69) is 0 Å². The molecule has 0 fully saturated rings. The Morgan fingerprint density at radius 3 is 2.29 bits per heavy atom. The zero-order chi connectivity index (χ0) is 11.1. The fourth-order valence-electron chi connectivity index (χ4n) is 1.36. The van der Waals surface area contributed by atoms with Crippen LogP contribution < -0.4 is 5.73 Å². The van der Waals surface area contributed by atoms with Crippen molar-refractivity contribution < 1.29 is 9.59 Å². The van der Waals surface area contributed by atoms with Crippen molar-refractivity contribution in [3.63, 3.8) is 0 Å². The summed E-state index contributed by atoms with van der Waals surface area (Å²) in [6.45, 7) is 4.62. The molecule has 0 unspecified atom stereocenters. The molecule has 0 saturated carbocycles. The summed E-state index contributed by atoms with van der Waals surface area (Å²) < 4.78 is 0. The SMILES string of the molecule is CCC(=O)[C@H](CCC(N)=O)N(C)CC. The Bertz CT molecular complexity index is 204. The lowest BCUT2D eigenvalue weighted by atomic mass is 10.0. The average molecular weight is 200 g/mol. The first-order chi connectivity index (χ1) is 6.52. The van der Waals surface area contributed by atoms with Crippen LogP contribution in [0.25, 0.3) is 0 Å². The monoisotopic (exact) mass is 200 g/mol. The highest BCUT2D eigenvalue weighted by Gasteiger charge is 2.20. The molecule has 0 aliphatic carbocycles. The molecule has 4 nitrogen and oxygen atoms in total. The second kappa shape index (κ2) is 6.54. The van der Waals surface area contributed by atoms with Crippen molar-refractivity contribution in [2.24, 2.45) is 5.73 Å². The van der Waals surface area contributed by atoms with Gasteiger partial charge in [-0.1, -0.05) is 13.8 Å². The molecular formula is C10H20N2O2. The van der Waals surface area contributed by atoms with E-state index < -0.39 is 0 Å². The van der Waals surface area contributed by atoms with E-state index in [4.69, 9.17) is 5.73 Å². The number of carbonyl (C=O) groups is 2. The van der Waals surface area contributed by atoms with Gasteiger partial charge in [-0.15, -0.1) is 0 Å². The number of hydrogen-bond donors (Lipinski definition) is 1. The zero-order valence-electron chi connectivity index (χ0n) is 9.25. The van der Waals surface area contributed by atoms with Crippen molar-refractivity contribution >= 4 is 11.7 Å². The van der Waals surface area contributed by atoms with Crippen LogP contribution in [0.4, 0.5) is 0 Å². The molecule has 1 amide bonds. The lowest BCUT2D eigenvalue weighted by Crippen LogP contribution is -2.38. The van der Waals surface area contributed by atoms with Gasteiger partial charge in [0.15, 0.2) is 0 Å². The molecule has 2 N–H and O–H groups in total. The fraction of sp³-hybridized carbons (Fsp3) is 0.800. The van der Waals surface area contributed by atoms with Crippen molar-refractivity contribution in [2.45, 2.75) is 39.2 Å². The van der Waals surface area contributed by atoms with Crippen molar-refractivity contribution in [1.82, 2.24) is 4.90 Å². The highest BCUT2D eigenvalue weighted by Crippen LogP contribution is 2.08. The van der Waals surface area contributed by atoms with Crippen LogP contribution in [0.2, 0.25) is 0 Å². The molecule has 82 valence electrons. The topological polar surface area (TPSA) is 63.4 Å². The highest BCUT2D eigenvalue weighted by molar-refractivity contribution is 5.84. The Kier molecular flexibility index (Phi) is 6.12. The number of rotatable bonds is 7. The highest BCUT2D eigenvalue weighted by atomic mass is 16.1. The molecule has 0 aromatic carbocycles. The standard InChI is InChI=1S/C10H20N2O2/c1-4-9(13)8(12(3)5-2)6-7-10(11)14/h8H,4-7H2,1-3H3,(H2,11,14)/t8-/m0/s1. The molecule has 0 saturated heterocycles. The predicted molar refractivity (Wildman–Crippen MR) is 55.8 cm³/mol. The largest absolute Gasteiger partial charge is 0.370 e. The Balaban J connectivity index is 4.24. The van der Waals surface area contributed by atoms with Gasteiger partial charge in [0, 0.05) is 12.8 Å². The summed E-state index contributed by atoms with van der Waals surface area (Å²) in [7, 11) is 1.89. The van der Waals surface area contributed by atoms with Gasteiger partial charge in [0.1, 0.15) is 5.78 Å². The smallest absolute Gasteiger partial charge is 0.217 e. The van der Waals surface area contributed by atoms with Gasteiger partial charge in [-0.25, -0.2) is 0 Å². The van der Waals surface area contributed by atoms with Gasteiger partial charge in [0.2, 0.25) is 5.91 Å². The van der Waals surface area contributed by atoms with Gasteiger partial charge in [-0.2, -0.15) is 0 Å². The Labute approximate surface area is 85.4 Å². The van der Waals surface area contributed by atoms with Crippen LogP contribution in [-0.2, 0) is 9.59 Å². The van der Waals surface area contributed by atoms with Crippen molar-refractivity contribution in [3.8, 4) is 0 Å². The zero-order valence-corrected chi connectivity index (χ0v) is 9.25. The third-order valence-electron chi connectivity index (χ3n) is 2.42. The molecule has 0 spiro atoms. The normalized spacial score (nSPS) is 12.9. The summed E-state index contributed by atoms with van der Waals surface area (Å²) in [6.07, 6.45) is 1.32. The minimum atomic E-state index is -0.344. The molecule has 0 aromatic heterocycles. The number of primary amides is 1. The van der Waals surface area contributed by atoms with Crippen molar-refractivity contribution in [2.75, 3.05) is 13.6 Å². The Morgan fingerprint density at radius 1 is 1.36 bits per heavy atom. The average Bonchev–Trinajstić information content (AvgIpc) is 2.16. The Morgan fingerprint density at radius 2 is 1.93 bits per heavy atom. The van der Waals surface area contributed by atoms with Gasteiger partial charge in [0.25, 0.3) is 0 Å². The number of likely N-dealkylation sites (N-methyl/N-ethyl adjacent to an activating group) is 1. The van der Waals surface area contributed by atoms with Gasteiger partial charge in [0.05, 0.1) is 6.04 Å². The number of ketones is 1. The first-order valence-corrected chi connectivity index (χ1v) is 5.04. The number of carbonyl (C=O) groups excluding carboxylic acids is 2. The molecule has 0 aliphatic rings. The molecule has 0 bridgehead atoms. The Hall–Kier alpha value is -0.900. The predicted octanol–water partition coefficient (Wildman–Crippen LogP) is 0.551. The van der Waals surface area contributed by atoms with Crippen LogP contribution in [0.5, 0.6) is 0 Å². The first-order valence-electron chi connectivity index (χ1n) is 5.04. The van der Waals surface area contributed by atoms with E-state index in [9.17, 15) is 9.59 Å². The van der Waals surface area contributed by atoms with Crippen molar-refractivity contribution in [1.29, 1.82) is 0 Å². The van der Waals surface area contributed by atoms with Crippen LogP contribution in [0.3, 0.4) is 0 Å². The van der Waals surface area contributed by atoms with E-state index in [1.807, 2.05) is 25.8 Å². The van der Waals surface area contributed by atoms with Gasteiger partial charge < -0.3 is 5.73 Å². The van der Waals surface area contributed by atoms with E-state index in [1.165, 1.54) is 0 Å². The summed E-state index contributed by atoms with van der Waals surface area (Å²) in [4.78, 5) is 24.1. The van der Waals surface area contributed by atoms with Gasteiger partial charge >= 0.3 is 0 Å².